The van der Waals surface area contributed by atoms with Crippen LogP contribution in [-0.4, -0.2) is 21.0 Å². The van der Waals surface area contributed by atoms with Crippen molar-refractivity contribution < 1.29 is 5.03 Å². The predicted octanol–water partition coefficient (Wildman–Crippen LogP) is -0.632. The Morgan fingerprint density at radius 2 is 2.15 bits per heavy atom. The van der Waals surface area contributed by atoms with Crippen LogP contribution in [-0.2, 0) is 0 Å². The number of hydrazine groups is 1. The number of hydrogen-bond donors (Lipinski definition) is 2. The lowest BCUT2D eigenvalue weighted by Crippen LogP contribution is -2.41. The van der Waals surface area contributed by atoms with E-state index in [0.29, 0.717) is 5.01 Å². The fraction of sp³-hybridized carbons (Fsp3) is 0. The minimum Gasteiger partial charge on any atom is -0.365 e. The topological polar surface area (TPSA) is 122 Å². The maximum absolute atomic E-state index is 10.4. The Kier molecular flexibility index (Phi) is 2.33. The number of nitro groups is 1. The molecule has 1 heterocycles. The summed E-state index contributed by atoms with van der Waals surface area (Å²) in [4.78, 5) is 17.5. The van der Waals surface area contributed by atoms with Crippen molar-refractivity contribution >= 4 is 11.6 Å². The molecular formula is C5H6N6O2. The third-order valence-corrected chi connectivity index (χ3v) is 1.18. The van der Waals surface area contributed by atoms with Crippen LogP contribution in [0.3, 0.4) is 0 Å². The zero-order valence-corrected chi connectivity index (χ0v) is 6.41. The molecule has 0 bridgehead atoms. The van der Waals surface area contributed by atoms with Gasteiger partial charge in [-0.1, -0.05) is 0 Å². The Morgan fingerprint density at radius 1 is 1.62 bits per heavy atom. The third kappa shape index (κ3) is 1.86. The summed E-state index contributed by atoms with van der Waals surface area (Å²) in [6.45, 7) is 0. The first kappa shape index (κ1) is 8.84. The van der Waals surface area contributed by atoms with Gasteiger partial charge in [-0.2, -0.15) is 0 Å². The summed E-state index contributed by atoms with van der Waals surface area (Å²) in [7, 11) is 0. The van der Waals surface area contributed by atoms with E-state index in [-0.39, 0.29) is 5.69 Å². The highest BCUT2D eigenvalue weighted by atomic mass is 16.7. The minimum absolute atomic E-state index is 0.0417. The Hall–Kier alpha value is -2.25. The van der Waals surface area contributed by atoms with Crippen LogP contribution in [0, 0.1) is 15.5 Å². The fourth-order valence-corrected chi connectivity index (χ4v) is 0.722. The molecule has 0 aromatic carbocycles. The SMILES string of the molecule is N=C(N)N(c1cncnc1)[N+](=O)[O-]. The molecule has 0 saturated carbocycles. The number of nitrogens with one attached hydrogen (secondary N) is 1. The van der Waals surface area contributed by atoms with E-state index in [2.05, 4.69) is 9.97 Å². The van der Waals surface area contributed by atoms with Crippen LogP contribution in [0.1, 0.15) is 0 Å². The zero-order valence-electron chi connectivity index (χ0n) is 6.41. The highest BCUT2D eigenvalue weighted by Crippen LogP contribution is 2.08. The molecule has 0 atom stereocenters. The number of anilines is 1. The minimum atomic E-state index is -0.818. The van der Waals surface area contributed by atoms with Gasteiger partial charge in [-0.05, 0) is 5.01 Å². The van der Waals surface area contributed by atoms with Gasteiger partial charge in [-0.25, -0.2) is 20.1 Å². The molecule has 0 amide bonds. The lowest BCUT2D eigenvalue weighted by atomic mass is 10.5. The van der Waals surface area contributed by atoms with Gasteiger partial charge < -0.3 is 5.73 Å². The number of nitrogens with zero attached hydrogens (tertiary/aromatic N) is 4. The van der Waals surface area contributed by atoms with E-state index >= 15 is 0 Å². The van der Waals surface area contributed by atoms with Gasteiger partial charge in [0, 0.05) is 0 Å². The van der Waals surface area contributed by atoms with Crippen LogP contribution in [0.2, 0.25) is 0 Å². The molecular weight excluding hydrogens is 176 g/mol. The molecule has 1 rings (SSSR count). The summed E-state index contributed by atoms with van der Waals surface area (Å²) >= 11 is 0. The van der Waals surface area contributed by atoms with Crippen molar-refractivity contribution in [1.29, 1.82) is 5.41 Å². The zero-order chi connectivity index (χ0) is 9.84. The van der Waals surface area contributed by atoms with Crippen molar-refractivity contribution in [2.75, 3.05) is 5.01 Å². The van der Waals surface area contributed by atoms with Crippen LogP contribution < -0.4 is 10.7 Å². The van der Waals surface area contributed by atoms with Crippen molar-refractivity contribution in [2.45, 2.75) is 0 Å². The van der Waals surface area contributed by atoms with Gasteiger partial charge in [0.2, 0.25) is 0 Å². The van der Waals surface area contributed by atoms with E-state index in [4.69, 9.17) is 11.1 Å². The van der Waals surface area contributed by atoms with Gasteiger partial charge in [-0.15, -0.1) is 0 Å². The van der Waals surface area contributed by atoms with Crippen LogP contribution in [0.5, 0.6) is 0 Å². The summed E-state index contributed by atoms with van der Waals surface area (Å²) in [6.07, 6.45) is 3.61. The maximum atomic E-state index is 10.4. The normalized spacial score (nSPS) is 9.23. The Balaban J connectivity index is 3.03. The molecule has 0 radical (unpaired) electrons. The Bertz CT molecular complexity index is 311. The standard InChI is InChI=1S/C5H6N6O2/c6-5(7)10(11(12)13)4-1-8-3-9-2-4/h1-3H,(H3,6,7). The van der Waals surface area contributed by atoms with Gasteiger partial charge >= 0.3 is 0 Å². The molecule has 13 heavy (non-hydrogen) atoms. The average Bonchev–Trinajstić information content (AvgIpc) is 2.04. The quantitative estimate of drug-likeness (QED) is 0.271. The Labute approximate surface area is 72.6 Å². The molecule has 0 saturated heterocycles. The summed E-state index contributed by atoms with van der Waals surface area (Å²) in [5.41, 5.74) is 5.02. The number of hydrogen-bond acceptors (Lipinski definition) is 5. The smallest absolute Gasteiger partial charge is 0.258 e. The highest BCUT2D eigenvalue weighted by Gasteiger charge is 2.20. The van der Waals surface area contributed by atoms with Crippen LogP contribution in [0.4, 0.5) is 5.69 Å². The second-order valence-corrected chi connectivity index (χ2v) is 2.03. The molecule has 0 aliphatic carbocycles. The van der Waals surface area contributed by atoms with Crippen molar-refractivity contribution in [2.24, 2.45) is 5.73 Å². The van der Waals surface area contributed by atoms with Crippen molar-refractivity contribution in [3.05, 3.63) is 28.8 Å². The lowest BCUT2D eigenvalue weighted by Gasteiger charge is -2.09. The Morgan fingerprint density at radius 3 is 2.54 bits per heavy atom. The van der Waals surface area contributed by atoms with Crippen molar-refractivity contribution in [3.8, 4) is 0 Å². The highest BCUT2D eigenvalue weighted by molar-refractivity contribution is 5.89. The van der Waals surface area contributed by atoms with Crippen LogP contribution in [0.25, 0.3) is 0 Å². The molecule has 1 aromatic heterocycles. The van der Waals surface area contributed by atoms with Crippen molar-refractivity contribution in [3.63, 3.8) is 0 Å². The van der Waals surface area contributed by atoms with Gasteiger partial charge in [0.05, 0.1) is 12.4 Å². The van der Waals surface area contributed by atoms with E-state index in [1.165, 1.54) is 18.7 Å². The first-order chi connectivity index (χ1) is 6.13. The third-order valence-electron chi connectivity index (χ3n) is 1.18. The molecule has 3 N–H and O–H groups in total. The monoisotopic (exact) mass is 182 g/mol. The van der Waals surface area contributed by atoms with Crippen molar-refractivity contribution in [1.82, 2.24) is 9.97 Å². The summed E-state index contributed by atoms with van der Waals surface area (Å²) in [5, 5.41) is 16.9. The van der Waals surface area contributed by atoms with E-state index in [1.54, 1.807) is 0 Å². The first-order valence-corrected chi connectivity index (χ1v) is 3.16. The lowest BCUT2D eigenvalue weighted by molar-refractivity contribution is -0.479. The van der Waals surface area contributed by atoms with Gasteiger partial charge in [0.1, 0.15) is 6.33 Å². The summed E-state index contributed by atoms with van der Waals surface area (Å²) in [5.74, 6) is -0.695. The number of rotatable bonds is 2. The van der Waals surface area contributed by atoms with Crippen LogP contribution >= 0.6 is 0 Å². The van der Waals surface area contributed by atoms with E-state index in [9.17, 15) is 10.1 Å². The van der Waals surface area contributed by atoms with E-state index < -0.39 is 11.0 Å². The molecule has 8 nitrogen and oxygen atoms in total. The molecule has 8 heteroatoms. The summed E-state index contributed by atoms with van der Waals surface area (Å²) < 4.78 is 0. The molecule has 0 unspecified atom stereocenters. The fourth-order valence-electron chi connectivity index (χ4n) is 0.722. The van der Waals surface area contributed by atoms with E-state index in [1.807, 2.05) is 0 Å². The first-order valence-electron chi connectivity index (χ1n) is 3.16. The molecule has 1 aromatic rings. The second kappa shape index (κ2) is 3.43. The molecule has 0 aliphatic rings. The predicted molar refractivity (Wildman–Crippen MR) is 43.4 cm³/mol. The van der Waals surface area contributed by atoms with E-state index in [0.717, 1.165) is 0 Å². The molecule has 0 aliphatic heterocycles. The van der Waals surface area contributed by atoms with Gasteiger partial charge in [0.25, 0.3) is 5.96 Å². The second-order valence-electron chi connectivity index (χ2n) is 2.03. The largest absolute Gasteiger partial charge is 0.365 e. The number of nitrogens with two attached hydrogens (primary N) is 1. The average molecular weight is 182 g/mol. The van der Waals surface area contributed by atoms with Gasteiger partial charge in [0.15, 0.2) is 10.7 Å². The molecule has 68 valence electrons. The molecule has 0 fully saturated rings. The summed E-state index contributed by atoms with van der Waals surface area (Å²) in [6, 6.07) is 0. The number of guanidine groups is 1. The maximum Gasteiger partial charge on any atom is 0.258 e. The van der Waals surface area contributed by atoms with Gasteiger partial charge in [-0.3, -0.25) is 5.41 Å². The number of aromatic nitrogens is 2. The molecule has 0 spiro atoms. The van der Waals surface area contributed by atoms with Crippen LogP contribution in [0.15, 0.2) is 18.7 Å².